The highest BCUT2D eigenvalue weighted by Crippen LogP contribution is 2.27. The molecule has 2 fully saturated rings. The Bertz CT molecular complexity index is 1320. The molecular formula is C30H38N6O2. The first-order chi connectivity index (χ1) is 18.4. The molecule has 0 spiro atoms. The van der Waals surface area contributed by atoms with Crippen LogP contribution >= 0.6 is 0 Å². The Morgan fingerprint density at radius 3 is 2.71 bits per heavy atom. The van der Waals surface area contributed by atoms with E-state index < -0.39 is 0 Å². The molecular weight excluding hydrogens is 476 g/mol. The summed E-state index contributed by atoms with van der Waals surface area (Å²) >= 11 is 0. The van der Waals surface area contributed by atoms with Crippen LogP contribution in [-0.2, 0) is 0 Å². The molecule has 2 aliphatic rings. The fourth-order valence-corrected chi connectivity index (χ4v) is 5.26. The predicted octanol–water partition coefficient (Wildman–Crippen LogP) is 3.52. The number of aromatic nitrogens is 2. The molecule has 3 aromatic rings. The number of nitrogens with one attached hydrogen (secondary N) is 3. The van der Waals surface area contributed by atoms with Gasteiger partial charge in [0.15, 0.2) is 5.82 Å². The van der Waals surface area contributed by atoms with Crippen molar-refractivity contribution in [1.29, 1.82) is 0 Å². The van der Waals surface area contributed by atoms with Crippen molar-refractivity contribution in [3.8, 4) is 5.69 Å². The predicted molar refractivity (Wildman–Crippen MR) is 151 cm³/mol. The Hall–Kier alpha value is -3.49. The topological polar surface area (TPSA) is 91.3 Å². The van der Waals surface area contributed by atoms with Crippen LogP contribution in [0.4, 0.5) is 5.82 Å². The van der Waals surface area contributed by atoms with Crippen molar-refractivity contribution >= 4 is 11.7 Å². The fourth-order valence-electron chi connectivity index (χ4n) is 5.26. The Morgan fingerprint density at radius 1 is 1.18 bits per heavy atom. The molecule has 1 saturated carbocycles. The summed E-state index contributed by atoms with van der Waals surface area (Å²) in [5.74, 6) is 0.428. The Labute approximate surface area is 224 Å². The van der Waals surface area contributed by atoms with Crippen LogP contribution in [-0.4, -0.2) is 58.6 Å². The van der Waals surface area contributed by atoms with Crippen LogP contribution in [0.1, 0.15) is 54.2 Å². The molecule has 1 aliphatic heterocycles. The maximum Gasteiger partial charge on any atom is 0.297 e. The SMILES string of the molecule is Cc1ccc(C(=O)NC2CC2)cc1-n1ccnc(N[C@@H](c2ccccc2)[C@H](C)CN2CCN[C@H](C)C2)c1=O. The summed E-state index contributed by atoms with van der Waals surface area (Å²) in [6.45, 7) is 10.3. The van der Waals surface area contributed by atoms with E-state index in [1.165, 1.54) is 0 Å². The standard InChI is InChI=1S/C30H38N6O2/c1-20-9-10-24(29(37)33-25-11-12-25)17-26(20)36-16-14-32-28(30(36)38)34-27(23-7-5-4-6-8-23)21(2)18-35-15-13-31-22(3)19-35/h4-10,14,16-17,21-22,25,27,31H,11-13,15,18-19H2,1-3H3,(H,32,34)(H,33,37)/t21-,22-,27-/m1/s1. The van der Waals surface area contributed by atoms with E-state index >= 15 is 0 Å². The normalized spacial score (nSPS) is 19.5. The maximum atomic E-state index is 13.7. The van der Waals surface area contributed by atoms with Crippen LogP contribution in [0.25, 0.3) is 5.69 Å². The minimum Gasteiger partial charge on any atom is -0.358 e. The van der Waals surface area contributed by atoms with Crippen LogP contribution in [0, 0.1) is 12.8 Å². The molecule has 38 heavy (non-hydrogen) atoms. The van der Waals surface area contributed by atoms with E-state index in [2.05, 4.69) is 51.8 Å². The Balaban J connectivity index is 1.42. The van der Waals surface area contributed by atoms with Crippen molar-refractivity contribution < 1.29 is 4.79 Å². The molecule has 2 heterocycles. The molecule has 200 valence electrons. The van der Waals surface area contributed by atoms with Gasteiger partial charge in [-0.1, -0.05) is 43.3 Å². The van der Waals surface area contributed by atoms with Gasteiger partial charge in [0.25, 0.3) is 11.5 Å². The van der Waals surface area contributed by atoms with Crippen LogP contribution in [0.5, 0.6) is 0 Å². The largest absolute Gasteiger partial charge is 0.358 e. The highest BCUT2D eigenvalue weighted by atomic mass is 16.2. The van der Waals surface area contributed by atoms with Gasteiger partial charge in [-0.3, -0.25) is 14.2 Å². The molecule has 1 aromatic heterocycles. The van der Waals surface area contributed by atoms with Gasteiger partial charge in [0, 0.05) is 56.2 Å². The average Bonchev–Trinajstić information content (AvgIpc) is 3.73. The van der Waals surface area contributed by atoms with Gasteiger partial charge in [-0.2, -0.15) is 0 Å². The van der Waals surface area contributed by atoms with Crippen molar-refractivity contribution in [2.45, 2.75) is 51.7 Å². The molecule has 5 rings (SSSR count). The number of aryl methyl sites for hydroxylation is 1. The molecule has 1 amide bonds. The van der Waals surface area contributed by atoms with Crippen LogP contribution in [0.15, 0.2) is 65.7 Å². The molecule has 8 nitrogen and oxygen atoms in total. The average molecular weight is 515 g/mol. The van der Waals surface area contributed by atoms with Gasteiger partial charge >= 0.3 is 0 Å². The number of carbonyl (C=O) groups excluding carboxylic acids is 1. The minimum absolute atomic E-state index is 0.0887. The van der Waals surface area contributed by atoms with Crippen molar-refractivity contribution in [1.82, 2.24) is 25.1 Å². The first-order valence-corrected chi connectivity index (χ1v) is 13.7. The lowest BCUT2D eigenvalue weighted by Gasteiger charge is -2.36. The quantitative estimate of drug-likeness (QED) is 0.405. The lowest BCUT2D eigenvalue weighted by molar-refractivity contribution is 0.0951. The van der Waals surface area contributed by atoms with Crippen molar-refractivity contribution in [2.75, 3.05) is 31.5 Å². The monoisotopic (exact) mass is 514 g/mol. The van der Waals surface area contributed by atoms with E-state index in [4.69, 9.17) is 0 Å². The zero-order valence-corrected chi connectivity index (χ0v) is 22.5. The fraction of sp³-hybridized carbons (Fsp3) is 0.433. The molecule has 3 atom stereocenters. The second-order valence-corrected chi connectivity index (χ2v) is 10.8. The van der Waals surface area contributed by atoms with Gasteiger partial charge in [-0.25, -0.2) is 4.98 Å². The smallest absolute Gasteiger partial charge is 0.297 e. The van der Waals surface area contributed by atoms with Gasteiger partial charge in [0.1, 0.15) is 0 Å². The van der Waals surface area contributed by atoms with Gasteiger partial charge < -0.3 is 20.9 Å². The van der Waals surface area contributed by atoms with Gasteiger partial charge in [0.2, 0.25) is 0 Å². The Morgan fingerprint density at radius 2 is 1.97 bits per heavy atom. The molecule has 3 N–H and O–H groups in total. The summed E-state index contributed by atoms with van der Waals surface area (Å²) in [6.07, 6.45) is 5.36. The minimum atomic E-state index is -0.237. The van der Waals surface area contributed by atoms with Gasteiger partial charge in [-0.05, 0) is 55.9 Å². The molecule has 0 unspecified atom stereocenters. The molecule has 1 aliphatic carbocycles. The van der Waals surface area contributed by atoms with Crippen molar-refractivity contribution in [3.05, 3.63) is 88.0 Å². The van der Waals surface area contributed by atoms with Crippen molar-refractivity contribution in [2.24, 2.45) is 5.92 Å². The third-order valence-electron chi connectivity index (χ3n) is 7.50. The van der Waals surface area contributed by atoms with E-state index in [-0.39, 0.29) is 29.5 Å². The van der Waals surface area contributed by atoms with Gasteiger partial charge in [-0.15, -0.1) is 0 Å². The third-order valence-corrected chi connectivity index (χ3v) is 7.50. The number of carbonyl (C=O) groups is 1. The summed E-state index contributed by atoms with van der Waals surface area (Å²) in [5.41, 5.74) is 3.03. The van der Waals surface area contributed by atoms with E-state index in [1.807, 2.05) is 37.3 Å². The number of anilines is 1. The lowest BCUT2D eigenvalue weighted by Crippen LogP contribution is -2.50. The molecule has 0 radical (unpaired) electrons. The summed E-state index contributed by atoms with van der Waals surface area (Å²) < 4.78 is 1.59. The molecule has 8 heteroatoms. The van der Waals surface area contributed by atoms with Crippen LogP contribution in [0.2, 0.25) is 0 Å². The van der Waals surface area contributed by atoms with E-state index in [9.17, 15) is 9.59 Å². The number of amides is 1. The first kappa shape index (κ1) is 26.1. The first-order valence-electron chi connectivity index (χ1n) is 13.7. The number of benzene rings is 2. The zero-order chi connectivity index (χ0) is 26.6. The number of hydrogen-bond donors (Lipinski definition) is 3. The lowest BCUT2D eigenvalue weighted by atomic mass is 9.93. The molecule has 2 aromatic carbocycles. The summed E-state index contributed by atoms with van der Waals surface area (Å²) in [4.78, 5) is 33.3. The van der Waals surface area contributed by atoms with Crippen LogP contribution in [0.3, 0.4) is 0 Å². The Kier molecular flexibility index (Phi) is 7.90. The maximum absolute atomic E-state index is 13.7. The molecule has 1 saturated heterocycles. The zero-order valence-electron chi connectivity index (χ0n) is 22.5. The summed E-state index contributed by atoms with van der Waals surface area (Å²) in [5, 5.41) is 10.0. The second-order valence-electron chi connectivity index (χ2n) is 10.8. The van der Waals surface area contributed by atoms with E-state index in [1.54, 1.807) is 23.0 Å². The number of nitrogens with zero attached hydrogens (tertiary/aromatic N) is 3. The highest BCUT2D eigenvalue weighted by molar-refractivity contribution is 5.95. The van der Waals surface area contributed by atoms with Crippen molar-refractivity contribution in [3.63, 3.8) is 0 Å². The van der Waals surface area contributed by atoms with E-state index in [0.717, 1.165) is 50.1 Å². The van der Waals surface area contributed by atoms with Crippen LogP contribution < -0.4 is 21.5 Å². The molecule has 0 bridgehead atoms. The summed E-state index contributed by atoms with van der Waals surface area (Å²) in [6, 6.07) is 16.4. The number of rotatable bonds is 9. The second kappa shape index (κ2) is 11.5. The van der Waals surface area contributed by atoms with E-state index in [0.29, 0.717) is 23.1 Å². The third kappa shape index (κ3) is 6.14. The number of hydrogen-bond acceptors (Lipinski definition) is 6. The van der Waals surface area contributed by atoms with Gasteiger partial charge in [0.05, 0.1) is 11.7 Å². The number of piperazine rings is 1. The summed E-state index contributed by atoms with van der Waals surface area (Å²) in [7, 11) is 0. The highest BCUT2D eigenvalue weighted by Gasteiger charge is 2.26.